The minimum absolute atomic E-state index is 0.0758. The third-order valence-electron chi connectivity index (χ3n) is 2.54. The van der Waals surface area contributed by atoms with Crippen LogP contribution < -0.4 is 5.32 Å². The number of hydrogen-bond donors (Lipinski definition) is 1. The van der Waals surface area contributed by atoms with Gasteiger partial charge in [0.1, 0.15) is 0 Å². The summed E-state index contributed by atoms with van der Waals surface area (Å²) in [6.07, 6.45) is -3.12. The topological polar surface area (TPSA) is 15.3 Å². The minimum Gasteiger partial charge on any atom is -0.315 e. The van der Waals surface area contributed by atoms with E-state index in [1.54, 1.807) is 0 Å². The van der Waals surface area contributed by atoms with Gasteiger partial charge < -0.3 is 5.32 Å². The molecule has 5 heteroatoms. The Labute approximate surface area is 96.2 Å². The van der Waals surface area contributed by atoms with Crippen molar-refractivity contribution in [2.45, 2.75) is 39.4 Å². The van der Waals surface area contributed by atoms with Crippen molar-refractivity contribution in [1.29, 1.82) is 0 Å². The molecule has 0 aromatic heterocycles. The van der Waals surface area contributed by atoms with E-state index in [9.17, 15) is 13.2 Å². The normalized spacial score (nSPS) is 14.8. The average molecular weight is 240 g/mol. The molecule has 0 aromatic carbocycles. The summed E-state index contributed by atoms with van der Waals surface area (Å²) in [5.41, 5.74) is 0. The Kier molecular flexibility index (Phi) is 6.99. The van der Waals surface area contributed by atoms with E-state index in [1.165, 1.54) is 11.9 Å². The molecule has 0 aromatic rings. The second-order valence-electron chi connectivity index (χ2n) is 4.55. The summed E-state index contributed by atoms with van der Waals surface area (Å²) < 4.78 is 36.8. The predicted molar refractivity (Wildman–Crippen MR) is 60.5 cm³/mol. The van der Waals surface area contributed by atoms with Gasteiger partial charge in [0.15, 0.2) is 0 Å². The first-order chi connectivity index (χ1) is 7.28. The smallest absolute Gasteiger partial charge is 0.315 e. The molecular formula is C11H23F3N2. The average Bonchev–Trinajstić information content (AvgIpc) is 2.08. The summed E-state index contributed by atoms with van der Waals surface area (Å²) in [6, 6.07) is -0.0758. The van der Waals surface area contributed by atoms with Crippen molar-refractivity contribution in [3.63, 3.8) is 0 Å². The SMILES string of the molecule is CCCNCC(C(C)C)N(C)CC(F)(F)F. The van der Waals surface area contributed by atoms with Crippen LogP contribution in [-0.4, -0.2) is 43.8 Å². The van der Waals surface area contributed by atoms with Crippen LogP contribution in [-0.2, 0) is 0 Å². The van der Waals surface area contributed by atoms with Crippen molar-refractivity contribution < 1.29 is 13.2 Å². The molecule has 0 saturated heterocycles. The predicted octanol–water partition coefficient (Wildman–Crippen LogP) is 2.50. The van der Waals surface area contributed by atoms with Gasteiger partial charge in [-0.1, -0.05) is 20.8 Å². The van der Waals surface area contributed by atoms with Crippen molar-refractivity contribution >= 4 is 0 Å². The molecule has 0 radical (unpaired) electrons. The minimum atomic E-state index is -4.12. The molecule has 0 aliphatic heterocycles. The highest BCUT2D eigenvalue weighted by Crippen LogP contribution is 2.19. The summed E-state index contributed by atoms with van der Waals surface area (Å²) in [5.74, 6) is 0.205. The molecule has 1 atom stereocenters. The number of nitrogens with one attached hydrogen (secondary N) is 1. The van der Waals surface area contributed by atoms with Crippen LogP contribution >= 0.6 is 0 Å². The van der Waals surface area contributed by atoms with Gasteiger partial charge in [-0.15, -0.1) is 0 Å². The number of halogens is 3. The molecule has 0 aliphatic rings. The zero-order valence-corrected chi connectivity index (χ0v) is 10.6. The highest BCUT2D eigenvalue weighted by Gasteiger charge is 2.32. The van der Waals surface area contributed by atoms with Crippen LogP contribution in [0.4, 0.5) is 13.2 Å². The molecule has 0 heterocycles. The molecule has 0 aliphatic carbocycles. The van der Waals surface area contributed by atoms with Gasteiger partial charge in [0, 0.05) is 12.6 Å². The number of rotatable bonds is 7. The lowest BCUT2D eigenvalue weighted by Crippen LogP contribution is -2.47. The van der Waals surface area contributed by atoms with Gasteiger partial charge in [0.2, 0.25) is 0 Å². The van der Waals surface area contributed by atoms with Crippen LogP contribution in [0.15, 0.2) is 0 Å². The van der Waals surface area contributed by atoms with E-state index in [0.29, 0.717) is 6.54 Å². The van der Waals surface area contributed by atoms with Crippen molar-refractivity contribution in [1.82, 2.24) is 10.2 Å². The largest absolute Gasteiger partial charge is 0.401 e. The highest BCUT2D eigenvalue weighted by molar-refractivity contribution is 4.76. The summed E-state index contributed by atoms with van der Waals surface area (Å²) in [4.78, 5) is 1.38. The second-order valence-corrected chi connectivity index (χ2v) is 4.55. The Balaban J connectivity index is 4.19. The molecule has 98 valence electrons. The van der Waals surface area contributed by atoms with Crippen molar-refractivity contribution in [2.24, 2.45) is 5.92 Å². The zero-order valence-electron chi connectivity index (χ0n) is 10.6. The Morgan fingerprint density at radius 3 is 2.19 bits per heavy atom. The Morgan fingerprint density at radius 1 is 1.25 bits per heavy atom. The zero-order chi connectivity index (χ0) is 12.8. The maximum atomic E-state index is 12.3. The summed E-state index contributed by atoms with van der Waals surface area (Å²) >= 11 is 0. The molecule has 0 amide bonds. The monoisotopic (exact) mass is 240 g/mol. The van der Waals surface area contributed by atoms with Gasteiger partial charge in [-0.2, -0.15) is 13.2 Å². The lowest BCUT2D eigenvalue weighted by atomic mass is 10.0. The third kappa shape index (κ3) is 7.06. The molecule has 16 heavy (non-hydrogen) atoms. The van der Waals surface area contributed by atoms with Crippen molar-refractivity contribution in [2.75, 3.05) is 26.7 Å². The van der Waals surface area contributed by atoms with Gasteiger partial charge in [-0.3, -0.25) is 4.90 Å². The fraction of sp³-hybridized carbons (Fsp3) is 1.00. The van der Waals surface area contributed by atoms with Crippen LogP contribution in [0.2, 0.25) is 0 Å². The maximum absolute atomic E-state index is 12.3. The first kappa shape index (κ1) is 15.7. The van der Waals surface area contributed by atoms with Gasteiger partial charge in [0.05, 0.1) is 6.54 Å². The highest BCUT2D eigenvalue weighted by atomic mass is 19.4. The molecule has 1 unspecified atom stereocenters. The first-order valence-electron chi connectivity index (χ1n) is 5.75. The van der Waals surface area contributed by atoms with E-state index in [-0.39, 0.29) is 12.0 Å². The Morgan fingerprint density at radius 2 is 1.81 bits per heavy atom. The Hall–Kier alpha value is -0.290. The molecule has 0 spiro atoms. The lowest BCUT2D eigenvalue weighted by Gasteiger charge is -2.32. The van der Waals surface area contributed by atoms with Gasteiger partial charge in [-0.25, -0.2) is 0 Å². The molecule has 0 bridgehead atoms. The number of nitrogens with zero attached hydrogens (tertiary/aromatic N) is 1. The second kappa shape index (κ2) is 7.12. The first-order valence-corrected chi connectivity index (χ1v) is 5.75. The van der Waals surface area contributed by atoms with Gasteiger partial charge in [-0.05, 0) is 25.9 Å². The summed E-state index contributed by atoms with van der Waals surface area (Å²) in [7, 11) is 1.53. The van der Waals surface area contributed by atoms with Crippen LogP contribution in [0.3, 0.4) is 0 Å². The quantitative estimate of drug-likeness (QED) is 0.688. The molecule has 0 fully saturated rings. The standard InChI is InChI=1S/C11H23F3N2/c1-5-6-15-7-10(9(2)3)16(4)8-11(12,13)14/h9-10,15H,5-8H2,1-4H3. The fourth-order valence-electron chi connectivity index (χ4n) is 1.73. The number of likely N-dealkylation sites (N-methyl/N-ethyl adjacent to an activating group) is 1. The molecule has 2 nitrogen and oxygen atoms in total. The number of alkyl halides is 3. The van der Waals surface area contributed by atoms with Crippen LogP contribution in [0.25, 0.3) is 0 Å². The summed E-state index contributed by atoms with van der Waals surface area (Å²) in [6.45, 7) is 6.55. The van der Waals surface area contributed by atoms with E-state index in [2.05, 4.69) is 5.32 Å². The molecule has 0 rings (SSSR count). The van der Waals surface area contributed by atoms with Crippen LogP contribution in [0.5, 0.6) is 0 Å². The van der Waals surface area contributed by atoms with Gasteiger partial charge in [0.25, 0.3) is 0 Å². The van der Waals surface area contributed by atoms with Crippen molar-refractivity contribution in [3.05, 3.63) is 0 Å². The number of hydrogen-bond acceptors (Lipinski definition) is 2. The van der Waals surface area contributed by atoms with Crippen LogP contribution in [0, 0.1) is 5.92 Å². The van der Waals surface area contributed by atoms with E-state index in [0.717, 1.165) is 13.0 Å². The molecular weight excluding hydrogens is 217 g/mol. The fourth-order valence-corrected chi connectivity index (χ4v) is 1.73. The molecule has 1 N–H and O–H groups in total. The van der Waals surface area contributed by atoms with Crippen molar-refractivity contribution in [3.8, 4) is 0 Å². The van der Waals surface area contributed by atoms with E-state index in [1.807, 2.05) is 20.8 Å². The maximum Gasteiger partial charge on any atom is 0.401 e. The Bertz CT molecular complexity index is 181. The summed E-state index contributed by atoms with van der Waals surface area (Å²) in [5, 5.41) is 3.17. The lowest BCUT2D eigenvalue weighted by molar-refractivity contribution is -0.148. The van der Waals surface area contributed by atoms with Crippen LogP contribution in [0.1, 0.15) is 27.2 Å². The van der Waals surface area contributed by atoms with Gasteiger partial charge >= 0.3 is 6.18 Å². The van der Waals surface area contributed by atoms with E-state index in [4.69, 9.17) is 0 Å². The molecule has 0 saturated carbocycles. The van der Waals surface area contributed by atoms with E-state index >= 15 is 0 Å². The van der Waals surface area contributed by atoms with E-state index < -0.39 is 12.7 Å². The third-order valence-corrected chi connectivity index (χ3v) is 2.54.